The lowest BCUT2D eigenvalue weighted by Gasteiger charge is -2.21. The van der Waals surface area contributed by atoms with Gasteiger partial charge in [0.25, 0.3) is 0 Å². The Hall–Kier alpha value is -3.12. The lowest BCUT2D eigenvalue weighted by atomic mass is 10.1. The van der Waals surface area contributed by atoms with Gasteiger partial charge in [-0.2, -0.15) is 0 Å². The molecule has 0 unspecified atom stereocenters. The Labute approximate surface area is 203 Å². The molecule has 3 atom stereocenters. The van der Waals surface area contributed by atoms with Gasteiger partial charge in [-0.15, -0.1) is 10.2 Å². The summed E-state index contributed by atoms with van der Waals surface area (Å²) in [5, 5.41) is 7.79. The lowest BCUT2D eigenvalue weighted by Crippen LogP contribution is -2.27. The van der Waals surface area contributed by atoms with Crippen molar-refractivity contribution in [2.45, 2.75) is 43.1 Å². The van der Waals surface area contributed by atoms with E-state index in [9.17, 15) is 12.8 Å². The van der Waals surface area contributed by atoms with E-state index < -0.39 is 26.8 Å². The number of halogens is 1. The lowest BCUT2D eigenvalue weighted by molar-refractivity contribution is 0.193. The summed E-state index contributed by atoms with van der Waals surface area (Å²) in [5.41, 5.74) is 0.525. The first-order valence-electron chi connectivity index (χ1n) is 11.2. The van der Waals surface area contributed by atoms with Crippen molar-refractivity contribution < 1.29 is 27.0 Å². The third kappa shape index (κ3) is 4.98. The molecule has 10 nitrogen and oxygen atoms in total. The van der Waals surface area contributed by atoms with Crippen LogP contribution in [-0.2, 0) is 20.3 Å². The molecule has 0 bridgehead atoms. The van der Waals surface area contributed by atoms with Gasteiger partial charge in [0.05, 0.1) is 38.5 Å². The highest BCUT2D eigenvalue weighted by Crippen LogP contribution is 2.37. The van der Waals surface area contributed by atoms with Crippen molar-refractivity contribution in [3.63, 3.8) is 0 Å². The van der Waals surface area contributed by atoms with Gasteiger partial charge in [0.1, 0.15) is 34.6 Å². The smallest absolute Gasteiger partial charge is 0.160 e. The first kappa shape index (κ1) is 25.0. The normalized spacial score (nSPS) is 17.8. The topological polar surface area (TPSA) is 118 Å². The van der Waals surface area contributed by atoms with Crippen LogP contribution in [0.3, 0.4) is 0 Å². The zero-order valence-electron chi connectivity index (χ0n) is 20.0. The summed E-state index contributed by atoms with van der Waals surface area (Å²) in [6, 6.07) is 5.32. The second-order valence-electron chi connectivity index (χ2n) is 8.44. The van der Waals surface area contributed by atoms with Crippen molar-refractivity contribution in [3.8, 4) is 17.2 Å². The van der Waals surface area contributed by atoms with E-state index >= 15 is 0 Å². The number of methoxy groups -OCH3 is 2. The molecule has 0 amide bonds. The van der Waals surface area contributed by atoms with E-state index in [0.717, 1.165) is 18.8 Å². The number of para-hydroxylation sites is 1. The predicted octanol–water partition coefficient (Wildman–Crippen LogP) is 2.82. The van der Waals surface area contributed by atoms with Crippen LogP contribution in [0.2, 0.25) is 0 Å². The summed E-state index contributed by atoms with van der Waals surface area (Å²) >= 11 is 0. The van der Waals surface area contributed by atoms with Crippen LogP contribution in [0.5, 0.6) is 11.5 Å². The van der Waals surface area contributed by atoms with Crippen molar-refractivity contribution in [2.24, 2.45) is 0 Å². The zero-order chi connectivity index (χ0) is 25.2. The average Bonchev–Trinajstić information content (AvgIpc) is 3.52. The summed E-state index contributed by atoms with van der Waals surface area (Å²) < 4.78 is 58.7. The van der Waals surface area contributed by atoms with E-state index in [1.807, 2.05) is 0 Å². The number of hydrogen-bond donors (Lipinski definition) is 0. The highest BCUT2D eigenvalue weighted by molar-refractivity contribution is 7.91. The van der Waals surface area contributed by atoms with Crippen LogP contribution in [0.15, 0.2) is 30.6 Å². The van der Waals surface area contributed by atoms with E-state index in [-0.39, 0.29) is 23.3 Å². The van der Waals surface area contributed by atoms with Gasteiger partial charge in [-0.25, -0.2) is 22.8 Å². The predicted molar refractivity (Wildman–Crippen MR) is 125 cm³/mol. The average molecular weight is 506 g/mol. The Morgan fingerprint density at radius 1 is 1.14 bits per heavy atom. The number of hydrogen-bond acceptors (Lipinski definition) is 9. The summed E-state index contributed by atoms with van der Waals surface area (Å²) in [4.78, 5) is 7.91. The van der Waals surface area contributed by atoms with Gasteiger partial charge in [0, 0.05) is 18.4 Å². The minimum absolute atomic E-state index is 0.0578. The fourth-order valence-electron chi connectivity index (χ4n) is 4.11. The van der Waals surface area contributed by atoms with Crippen molar-refractivity contribution in [3.05, 3.63) is 53.9 Å². The molecule has 188 valence electrons. The van der Waals surface area contributed by atoms with Gasteiger partial charge in [0.2, 0.25) is 0 Å². The van der Waals surface area contributed by atoms with Gasteiger partial charge in [-0.05, 0) is 25.5 Å². The molecule has 0 aliphatic carbocycles. The molecule has 4 rings (SSSR count). The van der Waals surface area contributed by atoms with Crippen LogP contribution in [-0.4, -0.2) is 65.8 Å². The molecule has 0 spiro atoms. The van der Waals surface area contributed by atoms with E-state index in [1.165, 1.54) is 14.2 Å². The van der Waals surface area contributed by atoms with Gasteiger partial charge in [-0.1, -0.05) is 13.0 Å². The van der Waals surface area contributed by atoms with E-state index in [0.29, 0.717) is 36.2 Å². The fourth-order valence-corrected chi connectivity index (χ4v) is 5.67. The van der Waals surface area contributed by atoms with E-state index in [1.54, 1.807) is 36.6 Å². The van der Waals surface area contributed by atoms with Gasteiger partial charge >= 0.3 is 0 Å². The van der Waals surface area contributed by atoms with Crippen molar-refractivity contribution in [1.82, 2.24) is 24.7 Å². The first-order valence-corrected chi connectivity index (χ1v) is 12.9. The Balaban J connectivity index is 1.76. The molecule has 1 aliphatic rings. The van der Waals surface area contributed by atoms with Crippen molar-refractivity contribution in [1.29, 1.82) is 0 Å². The fraction of sp³-hybridized carbons (Fsp3) is 0.478. The standard InChI is InChI=1S/C23H28FN5O5S/c1-14(22-25-10-17(24)11-26-22)15(2)35(30,31)13-20-27-28-23(16-8-9-34-12-16)29(20)21-18(32-3)6-5-7-19(21)33-4/h5-7,10-11,14-16H,8-9,12-13H2,1-4H3/t14-,15-,16-/m0/s1. The zero-order valence-corrected chi connectivity index (χ0v) is 20.8. The molecule has 1 fully saturated rings. The van der Waals surface area contributed by atoms with Crippen LogP contribution >= 0.6 is 0 Å². The summed E-state index contributed by atoms with van der Waals surface area (Å²) in [5.74, 6) is 0.442. The second-order valence-corrected chi connectivity index (χ2v) is 10.8. The van der Waals surface area contributed by atoms with Crippen molar-refractivity contribution >= 4 is 9.84 Å². The number of rotatable bonds is 9. The van der Waals surface area contributed by atoms with Crippen LogP contribution in [0, 0.1) is 5.82 Å². The van der Waals surface area contributed by atoms with Gasteiger partial charge in [0.15, 0.2) is 21.5 Å². The first-order chi connectivity index (χ1) is 16.8. The molecule has 3 heterocycles. The summed E-state index contributed by atoms with van der Waals surface area (Å²) in [7, 11) is -0.697. The molecule has 0 N–H and O–H groups in total. The Kier molecular flexibility index (Phi) is 7.31. The van der Waals surface area contributed by atoms with Crippen LogP contribution in [0.25, 0.3) is 5.69 Å². The van der Waals surface area contributed by atoms with Gasteiger partial charge in [-0.3, -0.25) is 4.57 Å². The maximum absolute atomic E-state index is 13.5. The monoisotopic (exact) mass is 505 g/mol. The molecule has 1 aromatic carbocycles. The third-order valence-electron chi connectivity index (χ3n) is 6.32. The SMILES string of the molecule is COc1cccc(OC)c1-n1c(CS(=O)(=O)[C@@H](C)[C@H](C)c2ncc(F)cn2)nnc1[C@H]1CCOC1. The highest BCUT2D eigenvalue weighted by atomic mass is 32.2. The molecule has 12 heteroatoms. The van der Waals surface area contributed by atoms with Crippen LogP contribution in [0.4, 0.5) is 4.39 Å². The minimum Gasteiger partial charge on any atom is -0.494 e. The largest absolute Gasteiger partial charge is 0.494 e. The number of ether oxygens (including phenoxy) is 3. The molecule has 2 aromatic heterocycles. The number of nitrogens with zero attached hydrogens (tertiary/aromatic N) is 5. The molecular weight excluding hydrogens is 477 g/mol. The van der Waals surface area contributed by atoms with Gasteiger partial charge < -0.3 is 14.2 Å². The third-order valence-corrected chi connectivity index (χ3v) is 8.53. The van der Waals surface area contributed by atoms with Crippen molar-refractivity contribution in [2.75, 3.05) is 27.4 Å². The number of benzene rings is 1. The van der Waals surface area contributed by atoms with E-state index in [4.69, 9.17) is 14.2 Å². The quantitative estimate of drug-likeness (QED) is 0.432. The Bertz CT molecular complexity index is 1250. The number of aromatic nitrogens is 5. The maximum atomic E-state index is 13.5. The van der Waals surface area contributed by atoms with E-state index in [2.05, 4.69) is 20.2 Å². The number of sulfone groups is 1. The molecule has 35 heavy (non-hydrogen) atoms. The van der Waals surface area contributed by atoms with Crippen LogP contribution < -0.4 is 9.47 Å². The highest BCUT2D eigenvalue weighted by Gasteiger charge is 2.34. The molecule has 0 saturated carbocycles. The summed E-state index contributed by atoms with van der Waals surface area (Å²) in [6.45, 7) is 4.33. The maximum Gasteiger partial charge on any atom is 0.160 e. The molecule has 1 saturated heterocycles. The molecule has 0 radical (unpaired) electrons. The Morgan fingerprint density at radius 2 is 1.80 bits per heavy atom. The molecule has 3 aromatic rings. The molecule has 1 aliphatic heterocycles. The molecular formula is C23H28FN5O5S. The summed E-state index contributed by atoms with van der Waals surface area (Å²) in [6.07, 6.45) is 2.79. The Morgan fingerprint density at radius 3 is 2.37 bits per heavy atom. The second kappa shape index (κ2) is 10.2. The minimum atomic E-state index is -3.76. The van der Waals surface area contributed by atoms with Crippen LogP contribution in [0.1, 0.15) is 49.6 Å².